The molecule has 0 rings (SSSR count). The molecule has 0 spiro atoms. The van der Waals surface area contributed by atoms with Gasteiger partial charge in [-0.15, -0.1) is 0 Å². The molecule has 0 aromatic rings. The van der Waals surface area contributed by atoms with E-state index in [-0.39, 0.29) is 18.5 Å². The SMILES string of the molecule is CCCC/C=C\C/C=C\CCCCCCCC(=O)OCCCCCCCCCCCC(=O)NC(CO)C(O)/C=C/CCCCCCCCCCCCCCCCCCC. The molecule has 0 aliphatic carbocycles. The van der Waals surface area contributed by atoms with Crippen molar-refractivity contribution in [3.05, 3.63) is 36.5 Å². The van der Waals surface area contributed by atoms with Gasteiger partial charge in [-0.25, -0.2) is 0 Å². The Labute approximate surface area is 366 Å². The van der Waals surface area contributed by atoms with Gasteiger partial charge in [0.15, 0.2) is 0 Å². The van der Waals surface area contributed by atoms with E-state index in [1.807, 2.05) is 6.08 Å². The average Bonchev–Trinajstić information content (AvgIpc) is 3.24. The molecule has 0 fully saturated rings. The Bertz CT molecular complexity index is 962. The van der Waals surface area contributed by atoms with E-state index in [0.717, 1.165) is 70.6 Å². The molecule has 6 heteroatoms. The lowest BCUT2D eigenvalue weighted by molar-refractivity contribution is -0.143. The van der Waals surface area contributed by atoms with E-state index in [9.17, 15) is 19.8 Å². The third-order valence-electron chi connectivity index (χ3n) is 11.7. The standard InChI is InChI=1S/C53H99NO5/c1-3-5-7-9-11-13-15-17-19-20-21-22-23-24-26-29-33-37-41-45-51(56)50(49-55)54-52(57)46-42-38-34-30-28-32-36-40-44-48-59-53(58)47-43-39-35-31-27-25-18-16-14-12-10-8-6-4-2/h10,12,16,18,41,45,50-51,55-56H,3-9,11,13-15,17,19-40,42-44,46-49H2,1-2H3,(H,54,57)/b12-10-,18-16-,45-41+. The number of ether oxygens (including phenoxy) is 1. The van der Waals surface area contributed by atoms with Crippen molar-refractivity contribution in [2.75, 3.05) is 13.2 Å². The molecule has 3 N–H and O–H groups in total. The van der Waals surface area contributed by atoms with Gasteiger partial charge in [0.05, 0.1) is 25.4 Å². The summed E-state index contributed by atoms with van der Waals surface area (Å²) >= 11 is 0. The first kappa shape index (κ1) is 57.1. The number of nitrogens with one attached hydrogen (secondary N) is 1. The molecule has 0 saturated carbocycles. The molecular weight excluding hydrogens is 731 g/mol. The second kappa shape index (κ2) is 48.7. The summed E-state index contributed by atoms with van der Waals surface area (Å²) in [5, 5.41) is 23.1. The van der Waals surface area contributed by atoms with Crippen LogP contribution in [0, 0.1) is 0 Å². The number of amides is 1. The third-order valence-corrected chi connectivity index (χ3v) is 11.7. The summed E-state index contributed by atoms with van der Waals surface area (Å²) in [6.45, 7) is 4.79. The second-order valence-electron chi connectivity index (χ2n) is 17.5. The zero-order chi connectivity index (χ0) is 43.0. The molecule has 59 heavy (non-hydrogen) atoms. The van der Waals surface area contributed by atoms with Crippen LogP contribution in [0.15, 0.2) is 36.5 Å². The van der Waals surface area contributed by atoms with Crippen LogP contribution >= 0.6 is 0 Å². The maximum Gasteiger partial charge on any atom is 0.305 e. The maximum atomic E-state index is 12.4. The minimum atomic E-state index is -0.863. The van der Waals surface area contributed by atoms with E-state index in [1.165, 1.54) is 167 Å². The average molecular weight is 830 g/mol. The highest BCUT2D eigenvalue weighted by molar-refractivity contribution is 5.76. The van der Waals surface area contributed by atoms with Crippen molar-refractivity contribution in [1.82, 2.24) is 5.32 Å². The molecule has 0 saturated heterocycles. The first-order valence-electron chi connectivity index (χ1n) is 25.8. The molecule has 2 atom stereocenters. The number of aliphatic hydroxyl groups is 2. The highest BCUT2D eigenvalue weighted by atomic mass is 16.5. The maximum absolute atomic E-state index is 12.4. The van der Waals surface area contributed by atoms with Gasteiger partial charge in [-0.2, -0.15) is 0 Å². The van der Waals surface area contributed by atoms with Crippen molar-refractivity contribution in [2.45, 2.75) is 276 Å². The van der Waals surface area contributed by atoms with E-state index in [1.54, 1.807) is 6.08 Å². The third kappa shape index (κ3) is 45.4. The van der Waals surface area contributed by atoms with Crippen LogP contribution in [-0.2, 0) is 14.3 Å². The van der Waals surface area contributed by atoms with Gasteiger partial charge in [-0.1, -0.05) is 230 Å². The van der Waals surface area contributed by atoms with Crippen LogP contribution in [0.3, 0.4) is 0 Å². The number of hydrogen-bond acceptors (Lipinski definition) is 5. The monoisotopic (exact) mass is 830 g/mol. The van der Waals surface area contributed by atoms with Crippen LogP contribution in [0.2, 0.25) is 0 Å². The van der Waals surface area contributed by atoms with E-state index in [0.29, 0.717) is 19.4 Å². The quantitative estimate of drug-likeness (QED) is 0.0323. The van der Waals surface area contributed by atoms with Gasteiger partial charge in [0.2, 0.25) is 5.91 Å². The Balaban J connectivity index is 3.55. The number of allylic oxidation sites excluding steroid dienone is 5. The first-order valence-corrected chi connectivity index (χ1v) is 25.8. The first-order chi connectivity index (χ1) is 29.0. The fourth-order valence-corrected chi connectivity index (χ4v) is 7.65. The number of hydrogen-bond donors (Lipinski definition) is 3. The van der Waals surface area contributed by atoms with Crippen LogP contribution in [0.4, 0.5) is 0 Å². The van der Waals surface area contributed by atoms with Crippen LogP contribution < -0.4 is 5.32 Å². The fraction of sp³-hybridized carbons (Fsp3) is 0.849. The van der Waals surface area contributed by atoms with Crippen LogP contribution in [0.25, 0.3) is 0 Å². The van der Waals surface area contributed by atoms with Gasteiger partial charge in [-0.3, -0.25) is 9.59 Å². The van der Waals surface area contributed by atoms with Gasteiger partial charge in [0.1, 0.15) is 0 Å². The summed E-state index contributed by atoms with van der Waals surface area (Å²) in [4.78, 5) is 24.5. The van der Waals surface area contributed by atoms with Crippen molar-refractivity contribution in [3.8, 4) is 0 Å². The molecule has 0 aliphatic rings. The molecular formula is C53H99NO5. The number of aliphatic hydroxyl groups excluding tert-OH is 2. The molecule has 0 heterocycles. The van der Waals surface area contributed by atoms with Gasteiger partial charge in [0.25, 0.3) is 0 Å². The Morgan fingerprint density at radius 3 is 1.34 bits per heavy atom. The number of esters is 1. The van der Waals surface area contributed by atoms with Crippen molar-refractivity contribution in [2.24, 2.45) is 0 Å². The number of carbonyl (C=O) groups excluding carboxylic acids is 2. The van der Waals surface area contributed by atoms with E-state index in [2.05, 4.69) is 43.5 Å². The predicted octanol–water partition coefficient (Wildman–Crippen LogP) is 15.3. The summed E-state index contributed by atoms with van der Waals surface area (Å²) < 4.78 is 5.44. The number of rotatable bonds is 47. The molecule has 0 radical (unpaired) electrons. The van der Waals surface area contributed by atoms with Gasteiger partial charge < -0.3 is 20.3 Å². The van der Waals surface area contributed by atoms with Gasteiger partial charge >= 0.3 is 5.97 Å². The summed E-state index contributed by atoms with van der Waals surface area (Å²) in [7, 11) is 0. The van der Waals surface area contributed by atoms with Gasteiger partial charge in [-0.05, 0) is 57.8 Å². The molecule has 0 aromatic heterocycles. The predicted molar refractivity (Wildman–Crippen MR) is 255 cm³/mol. The Morgan fingerprint density at radius 2 is 0.864 bits per heavy atom. The zero-order valence-corrected chi connectivity index (χ0v) is 39.2. The second-order valence-corrected chi connectivity index (χ2v) is 17.5. The van der Waals surface area contributed by atoms with E-state index < -0.39 is 12.1 Å². The summed E-state index contributed by atoms with van der Waals surface area (Å²) in [5.41, 5.74) is 0. The summed E-state index contributed by atoms with van der Waals surface area (Å²) in [6, 6.07) is -0.650. The smallest absolute Gasteiger partial charge is 0.305 e. The lowest BCUT2D eigenvalue weighted by Crippen LogP contribution is -2.45. The summed E-state index contributed by atoms with van der Waals surface area (Å²) in [6.07, 6.45) is 58.5. The topological polar surface area (TPSA) is 95.9 Å². The lowest BCUT2D eigenvalue weighted by atomic mass is 10.0. The molecule has 1 amide bonds. The number of unbranched alkanes of at least 4 members (excludes halogenated alkanes) is 32. The molecule has 0 bridgehead atoms. The molecule has 0 aliphatic heterocycles. The summed E-state index contributed by atoms with van der Waals surface area (Å²) in [5.74, 6) is -0.138. The van der Waals surface area contributed by atoms with Crippen molar-refractivity contribution < 1.29 is 24.5 Å². The fourth-order valence-electron chi connectivity index (χ4n) is 7.65. The molecule has 0 aromatic carbocycles. The molecule has 346 valence electrons. The zero-order valence-electron chi connectivity index (χ0n) is 39.2. The Morgan fingerprint density at radius 1 is 0.475 bits per heavy atom. The van der Waals surface area contributed by atoms with Crippen LogP contribution in [-0.4, -0.2) is 47.4 Å². The molecule has 6 nitrogen and oxygen atoms in total. The Kier molecular flexibility index (Phi) is 47.2. The van der Waals surface area contributed by atoms with Crippen molar-refractivity contribution >= 4 is 11.9 Å². The minimum absolute atomic E-state index is 0.0421. The lowest BCUT2D eigenvalue weighted by Gasteiger charge is -2.20. The molecule has 2 unspecified atom stereocenters. The largest absolute Gasteiger partial charge is 0.466 e. The van der Waals surface area contributed by atoms with E-state index >= 15 is 0 Å². The highest BCUT2D eigenvalue weighted by Crippen LogP contribution is 2.16. The van der Waals surface area contributed by atoms with Crippen molar-refractivity contribution in [1.29, 1.82) is 0 Å². The van der Waals surface area contributed by atoms with E-state index in [4.69, 9.17) is 4.74 Å². The normalized spacial score (nSPS) is 12.9. The highest BCUT2D eigenvalue weighted by Gasteiger charge is 2.18. The van der Waals surface area contributed by atoms with Crippen molar-refractivity contribution in [3.63, 3.8) is 0 Å². The van der Waals surface area contributed by atoms with Crippen LogP contribution in [0.1, 0.15) is 264 Å². The Hall–Kier alpha value is -1.92. The number of carbonyl (C=O) groups is 2. The van der Waals surface area contributed by atoms with Gasteiger partial charge in [0, 0.05) is 12.8 Å². The van der Waals surface area contributed by atoms with Crippen LogP contribution in [0.5, 0.6) is 0 Å². The minimum Gasteiger partial charge on any atom is -0.466 e.